The Labute approximate surface area is 165 Å². The molecule has 0 amide bonds. The molecule has 0 aliphatic carbocycles. The SMILES string of the molecule is CCNC(=NCCC1CCN(CC(F)(F)F)CC1)NCCOc1ccccc1. The number of para-hydroxylation sites is 1. The number of aliphatic imine (C=N–C) groups is 1. The molecule has 0 spiro atoms. The Hall–Kier alpha value is -1.96. The maximum Gasteiger partial charge on any atom is 0.401 e. The van der Waals surface area contributed by atoms with Crippen LogP contribution in [-0.4, -0.2) is 62.9 Å². The molecule has 1 saturated heterocycles. The van der Waals surface area contributed by atoms with Crippen molar-refractivity contribution in [3.05, 3.63) is 30.3 Å². The number of nitrogens with one attached hydrogen (secondary N) is 2. The van der Waals surface area contributed by atoms with Crippen LogP contribution < -0.4 is 15.4 Å². The van der Waals surface area contributed by atoms with Crippen LogP contribution in [-0.2, 0) is 0 Å². The number of rotatable bonds is 9. The Balaban J connectivity index is 1.64. The molecular formula is C20H31F3N4O. The Morgan fingerprint density at radius 1 is 1.18 bits per heavy atom. The van der Waals surface area contributed by atoms with Crippen molar-refractivity contribution < 1.29 is 17.9 Å². The van der Waals surface area contributed by atoms with Crippen LogP contribution in [0.25, 0.3) is 0 Å². The number of hydrogen-bond donors (Lipinski definition) is 2. The maximum atomic E-state index is 12.4. The van der Waals surface area contributed by atoms with E-state index in [0.29, 0.717) is 38.7 Å². The van der Waals surface area contributed by atoms with Crippen molar-refractivity contribution in [2.75, 3.05) is 45.9 Å². The van der Waals surface area contributed by atoms with Crippen molar-refractivity contribution in [1.29, 1.82) is 0 Å². The molecule has 1 aliphatic heterocycles. The van der Waals surface area contributed by atoms with Crippen LogP contribution in [0.4, 0.5) is 13.2 Å². The lowest BCUT2D eigenvalue weighted by atomic mass is 9.93. The molecule has 1 heterocycles. The predicted octanol–water partition coefficient (Wildman–Crippen LogP) is 3.28. The summed E-state index contributed by atoms with van der Waals surface area (Å²) in [6.45, 7) is 4.85. The smallest absolute Gasteiger partial charge is 0.401 e. The van der Waals surface area contributed by atoms with Gasteiger partial charge in [-0.2, -0.15) is 13.2 Å². The fraction of sp³-hybridized carbons (Fsp3) is 0.650. The van der Waals surface area contributed by atoms with Gasteiger partial charge in [0.15, 0.2) is 5.96 Å². The molecule has 5 nitrogen and oxygen atoms in total. The van der Waals surface area contributed by atoms with Crippen molar-refractivity contribution in [2.45, 2.75) is 32.4 Å². The minimum atomic E-state index is -4.10. The normalized spacial score (nSPS) is 16.8. The quantitative estimate of drug-likeness (QED) is 0.379. The lowest BCUT2D eigenvalue weighted by Gasteiger charge is -2.32. The molecule has 2 N–H and O–H groups in total. The molecule has 1 fully saturated rings. The number of likely N-dealkylation sites (tertiary alicyclic amines) is 1. The summed E-state index contributed by atoms with van der Waals surface area (Å²) in [5, 5.41) is 6.44. The zero-order valence-electron chi connectivity index (χ0n) is 16.5. The summed E-state index contributed by atoms with van der Waals surface area (Å²) in [4.78, 5) is 6.07. The number of benzene rings is 1. The van der Waals surface area contributed by atoms with Crippen LogP contribution in [0, 0.1) is 5.92 Å². The van der Waals surface area contributed by atoms with E-state index < -0.39 is 12.7 Å². The van der Waals surface area contributed by atoms with Gasteiger partial charge in [0.2, 0.25) is 0 Å². The van der Waals surface area contributed by atoms with E-state index in [2.05, 4.69) is 15.6 Å². The second-order valence-electron chi connectivity index (χ2n) is 6.97. The maximum absolute atomic E-state index is 12.4. The topological polar surface area (TPSA) is 48.9 Å². The molecule has 0 aromatic heterocycles. The lowest BCUT2D eigenvalue weighted by molar-refractivity contribution is -0.148. The highest BCUT2D eigenvalue weighted by atomic mass is 19.4. The molecule has 8 heteroatoms. The number of piperidine rings is 1. The monoisotopic (exact) mass is 400 g/mol. The van der Waals surface area contributed by atoms with Gasteiger partial charge in [0.1, 0.15) is 12.4 Å². The van der Waals surface area contributed by atoms with Gasteiger partial charge in [-0.3, -0.25) is 9.89 Å². The molecule has 28 heavy (non-hydrogen) atoms. The largest absolute Gasteiger partial charge is 0.492 e. The third-order valence-electron chi connectivity index (χ3n) is 4.67. The van der Waals surface area contributed by atoms with Gasteiger partial charge < -0.3 is 15.4 Å². The highest BCUT2D eigenvalue weighted by molar-refractivity contribution is 5.79. The molecule has 0 unspecified atom stereocenters. The molecule has 0 atom stereocenters. The number of halogens is 3. The molecule has 158 valence electrons. The molecule has 2 rings (SSSR count). The van der Waals surface area contributed by atoms with Crippen LogP contribution >= 0.6 is 0 Å². The van der Waals surface area contributed by atoms with Crippen LogP contribution in [0.2, 0.25) is 0 Å². The van der Waals surface area contributed by atoms with Crippen LogP contribution in [0.3, 0.4) is 0 Å². The van der Waals surface area contributed by atoms with Crippen molar-refractivity contribution >= 4 is 5.96 Å². The second-order valence-corrected chi connectivity index (χ2v) is 6.97. The fourth-order valence-corrected chi connectivity index (χ4v) is 3.24. The van der Waals surface area contributed by atoms with Gasteiger partial charge >= 0.3 is 6.18 Å². The van der Waals surface area contributed by atoms with Crippen LogP contribution in [0.1, 0.15) is 26.2 Å². The third kappa shape index (κ3) is 9.30. The molecule has 1 aromatic carbocycles. The average Bonchev–Trinajstić information content (AvgIpc) is 2.66. The Morgan fingerprint density at radius 3 is 2.54 bits per heavy atom. The van der Waals surface area contributed by atoms with Gasteiger partial charge in [-0.25, -0.2) is 0 Å². The first-order chi connectivity index (χ1) is 13.5. The van der Waals surface area contributed by atoms with E-state index in [1.54, 1.807) is 0 Å². The lowest BCUT2D eigenvalue weighted by Crippen LogP contribution is -2.40. The fourth-order valence-electron chi connectivity index (χ4n) is 3.24. The first kappa shape index (κ1) is 22.3. The molecule has 1 aromatic rings. The first-order valence-corrected chi connectivity index (χ1v) is 9.95. The molecule has 1 aliphatic rings. The zero-order valence-corrected chi connectivity index (χ0v) is 16.5. The van der Waals surface area contributed by atoms with E-state index in [1.165, 1.54) is 4.90 Å². The van der Waals surface area contributed by atoms with Gasteiger partial charge in [-0.15, -0.1) is 0 Å². The van der Waals surface area contributed by atoms with Crippen molar-refractivity contribution in [2.24, 2.45) is 10.9 Å². The summed E-state index contributed by atoms with van der Waals surface area (Å²) >= 11 is 0. The highest BCUT2D eigenvalue weighted by Crippen LogP contribution is 2.24. The number of alkyl halides is 3. The molecule has 0 saturated carbocycles. The van der Waals surface area contributed by atoms with E-state index in [9.17, 15) is 13.2 Å². The average molecular weight is 400 g/mol. The van der Waals surface area contributed by atoms with Crippen LogP contribution in [0.5, 0.6) is 5.75 Å². The molecule has 0 bridgehead atoms. The second kappa shape index (κ2) is 11.8. The predicted molar refractivity (Wildman–Crippen MR) is 106 cm³/mol. The highest BCUT2D eigenvalue weighted by Gasteiger charge is 2.32. The number of ether oxygens (including phenoxy) is 1. The van der Waals surface area contributed by atoms with Crippen molar-refractivity contribution in [3.63, 3.8) is 0 Å². The number of nitrogens with zero attached hydrogens (tertiary/aromatic N) is 2. The first-order valence-electron chi connectivity index (χ1n) is 9.95. The van der Waals surface area contributed by atoms with Gasteiger partial charge in [-0.1, -0.05) is 18.2 Å². The number of guanidine groups is 1. The third-order valence-corrected chi connectivity index (χ3v) is 4.67. The van der Waals surface area contributed by atoms with Gasteiger partial charge in [-0.05, 0) is 57.3 Å². The summed E-state index contributed by atoms with van der Waals surface area (Å²) < 4.78 is 43.0. The summed E-state index contributed by atoms with van der Waals surface area (Å²) in [6, 6.07) is 9.64. The van der Waals surface area contributed by atoms with Crippen molar-refractivity contribution in [3.8, 4) is 5.75 Å². The van der Waals surface area contributed by atoms with E-state index in [0.717, 1.165) is 37.5 Å². The molecular weight excluding hydrogens is 369 g/mol. The van der Waals surface area contributed by atoms with E-state index in [1.807, 2.05) is 37.3 Å². The minimum Gasteiger partial charge on any atom is -0.492 e. The van der Waals surface area contributed by atoms with Gasteiger partial charge in [0, 0.05) is 13.1 Å². The van der Waals surface area contributed by atoms with Gasteiger partial charge in [0.05, 0.1) is 13.1 Å². The van der Waals surface area contributed by atoms with Crippen LogP contribution in [0.15, 0.2) is 35.3 Å². The zero-order chi connectivity index (χ0) is 20.2. The summed E-state index contributed by atoms with van der Waals surface area (Å²) in [5.41, 5.74) is 0. The summed E-state index contributed by atoms with van der Waals surface area (Å²) in [7, 11) is 0. The van der Waals surface area contributed by atoms with E-state index >= 15 is 0 Å². The molecule has 0 radical (unpaired) electrons. The van der Waals surface area contributed by atoms with E-state index in [4.69, 9.17) is 4.74 Å². The van der Waals surface area contributed by atoms with Crippen molar-refractivity contribution in [1.82, 2.24) is 15.5 Å². The summed E-state index contributed by atoms with van der Waals surface area (Å²) in [6.07, 6.45) is -1.59. The minimum absolute atomic E-state index is 0.442. The Kier molecular flexibility index (Phi) is 9.40. The standard InChI is InChI=1S/C20H31F3N4O/c1-2-24-19(26-12-15-28-18-6-4-3-5-7-18)25-11-8-17-9-13-27(14-10-17)16-20(21,22)23/h3-7,17H,2,8-16H2,1H3,(H2,24,25,26). The van der Waals surface area contributed by atoms with E-state index in [-0.39, 0.29) is 0 Å². The van der Waals surface area contributed by atoms with Gasteiger partial charge in [0.25, 0.3) is 0 Å². The summed E-state index contributed by atoms with van der Waals surface area (Å²) in [5.74, 6) is 2.02. The Morgan fingerprint density at radius 2 is 1.89 bits per heavy atom. The Bertz CT molecular complexity index is 573. The number of hydrogen-bond acceptors (Lipinski definition) is 3.